The van der Waals surface area contributed by atoms with Crippen LogP contribution in [0, 0.1) is 5.92 Å². The zero-order chi connectivity index (χ0) is 13.8. The van der Waals surface area contributed by atoms with Crippen molar-refractivity contribution in [3.8, 4) is 0 Å². The second-order valence-corrected chi connectivity index (χ2v) is 7.77. The molecular weight excluding hydrogens is 338 g/mol. The molecule has 0 fully saturated rings. The SMILES string of the molecule is CC(CCl)CS(=O)(=O)N(C)Cc1cccc(Br)c1. The zero-order valence-electron chi connectivity index (χ0n) is 10.4. The lowest BCUT2D eigenvalue weighted by Crippen LogP contribution is -2.31. The molecule has 0 amide bonds. The minimum atomic E-state index is -3.25. The van der Waals surface area contributed by atoms with Gasteiger partial charge in [-0.1, -0.05) is 35.0 Å². The monoisotopic (exact) mass is 353 g/mol. The predicted molar refractivity (Wildman–Crippen MR) is 79.3 cm³/mol. The highest BCUT2D eigenvalue weighted by molar-refractivity contribution is 9.10. The van der Waals surface area contributed by atoms with Gasteiger partial charge >= 0.3 is 0 Å². The van der Waals surface area contributed by atoms with Gasteiger partial charge in [0, 0.05) is 23.9 Å². The summed E-state index contributed by atoms with van der Waals surface area (Å²) in [6.45, 7) is 2.20. The van der Waals surface area contributed by atoms with E-state index >= 15 is 0 Å². The van der Waals surface area contributed by atoms with Gasteiger partial charge in [-0.3, -0.25) is 0 Å². The first kappa shape index (κ1) is 16.0. The van der Waals surface area contributed by atoms with E-state index in [1.54, 1.807) is 7.05 Å². The number of nitrogens with zero attached hydrogens (tertiary/aromatic N) is 1. The van der Waals surface area contributed by atoms with Gasteiger partial charge in [0.15, 0.2) is 0 Å². The largest absolute Gasteiger partial charge is 0.214 e. The molecule has 0 bridgehead atoms. The minimum Gasteiger partial charge on any atom is -0.212 e. The highest BCUT2D eigenvalue weighted by atomic mass is 79.9. The van der Waals surface area contributed by atoms with Crippen molar-refractivity contribution in [3.05, 3.63) is 34.3 Å². The molecule has 0 heterocycles. The fraction of sp³-hybridized carbons (Fsp3) is 0.500. The summed E-state index contributed by atoms with van der Waals surface area (Å²) < 4.78 is 26.4. The molecule has 1 aromatic rings. The summed E-state index contributed by atoms with van der Waals surface area (Å²) >= 11 is 9.02. The lowest BCUT2D eigenvalue weighted by molar-refractivity contribution is 0.460. The lowest BCUT2D eigenvalue weighted by atomic mass is 10.2. The van der Waals surface area contributed by atoms with Crippen molar-refractivity contribution in [2.75, 3.05) is 18.7 Å². The first-order valence-electron chi connectivity index (χ1n) is 5.59. The summed E-state index contributed by atoms with van der Waals surface area (Å²) in [6, 6.07) is 7.62. The Morgan fingerprint density at radius 1 is 1.44 bits per heavy atom. The van der Waals surface area contributed by atoms with E-state index in [0.717, 1.165) is 10.0 Å². The van der Waals surface area contributed by atoms with Crippen LogP contribution in [0.1, 0.15) is 12.5 Å². The Hall–Kier alpha value is -0.100. The summed E-state index contributed by atoms with van der Waals surface area (Å²) in [7, 11) is -1.65. The molecule has 3 nitrogen and oxygen atoms in total. The maximum atomic E-state index is 12.0. The topological polar surface area (TPSA) is 37.4 Å². The number of sulfonamides is 1. The average Bonchev–Trinajstić information content (AvgIpc) is 2.28. The molecule has 0 aliphatic carbocycles. The lowest BCUT2D eigenvalue weighted by Gasteiger charge is -2.19. The van der Waals surface area contributed by atoms with Gasteiger partial charge in [0.1, 0.15) is 0 Å². The van der Waals surface area contributed by atoms with E-state index in [2.05, 4.69) is 15.9 Å². The molecule has 0 saturated carbocycles. The maximum absolute atomic E-state index is 12.0. The summed E-state index contributed by atoms with van der Waals surface area (Å²) in [6.07, 6.45) is 0. The van der Waals surface area contributed by atoms with Crippen molar-refractivity contribution in [3.63, 3.8) is 0 Å². The number of alkyl halides is 1. The summed E-state index contributed by atoms with van der Waals surface area (Å²) in [5.74, 6) is 0.395. The van der Waals surface area contributed by atoms with Crippen molar-refractivity contribution >= 4 is 37.6 Å². The van der Waals surface area contributed by atoms with Crippen LogP contribution in [0.4, 0.5) is 0 Å². The second kappa shape index (κ2) is 6.89. The molecule has 0 aromatic heterocycles. The third-order valence-corrected chi connectivity index (χ3v) is 5.62. The molecule has 0 aliphatic rings. The van der Waals surface area contributed by atoms with Gasteiger partial charge in [-0.05, 0) is 23.6 Å². The van der Waals surface area contributed by atoms with Crippen molar-refractivity contribution in [1.29, 1.82) is 0 Å². The highest BCUT2D eigenvalue weighted by Crippen LogP contribution is 2.15. The van der Waals surface area contributed by atoms with Crippen LogP contribution in [-0.2, 0) is 16.6 Å². The van der Waals surface area contributed by atoms with Crippen LogP contribution in [0.3, 0.4) is 0 Å². The van der Waals surface area contributed by atoms with Crippen LogP contribution < -0.4 is 0 Å². The molecule has 0 aliphatic heterocycles. The van der Waals surface area contributed by atoms with Gasteiger partial charge in [0.05, 0.1) is 5.75 Å². The first-order chi connectivity index (χ1) is 8.35. The van der Waals surface area contributed by atoms with Gasteiger partial charge in [-0.15, -0.1) is 11.6 Å². The number of rotatable bonds is 6. The molecule has 1 unspecified atom stereocenters. The molecule has 0 radical (unpaired) electrons. The minimum absolute atomic E-state index is 0.0402. The summed E-state index contributed by atoms with van der Waals surface area (Å²) in [5.41, 5.74) is 0.953. The Morgan fingerprint density at radius 2 is 2.11 bits per heavy atom. The first-order valence-corrected chi connectivity index (χ1v) is 8.53. The Balaban J connectivity index is 2.73. The van der Waals surface area contributed by atoms with E-state index in [1.165, 1.54) is 4.31 Å². The molecule has 18 heavy (non-hydrogen) atoms. The third kappa shape index (κ3) is 4.88. The van der Waals surface area contributed by atoms with E-state index in [1.807, 2.05) is 31.2 Å². The van der Waals surface area contributed by atoms with Crippen LogP contribution in [0.25, 0.3) is 0 Å². The molecule has 102 valence electrons. The molecular formula is C12H17BrClNO2S. The van der Waals surface area contributed by atoms with Crippen LogP contribution in [0.15, 0.2) is 28.7 Å². The van der Waals surface area contributed by atoms with Gasteiger partial charge in [0.2, 0.25) is 10.0 Å². The average molecular weight is 355 g/mol. The van der Waals surface area contributed by atoms with Crippen LogP contribution >= 0.6 is 27.5 Å². The van der Waals surface area contributed by atoms with Gasteiger partial charge < -0.3 is 0 Å². The molecule has 1 atom stereocenters. The van der Waals surface area contributed by atoms with Crippen LogP contribution in [-0.4, -0.2) is 31.4 Å². The molecule has 0 spiro atoms. The molecule has 1 aromatic carbocycles. The van der Waals surface area contributed by atoms with Crippen molar-refractivity contribution in [2.45, 2.75) is 13.5 Å². The van der Waals surface area contributed by atoms with Crippen molar-refractivity contribution in [1.82, 2.24) is 4.31 Å². The number of halogens is 2. The third-order valence-electron chi connectivity index (χ3n) is 2.53. The van der Waals surface area contributed by atoms with Gasteiger partial charge in [-0.2, -0.15) is 0 Å². The van der Waals surface area contributed by atoms with E-state index in [0.29, 0.717) is 12.4 Å². The number of hydrogen-bond acceptors (Lipinski definition) is 2. The molecule has 0 N–H and O–H groups in total. The number of hydrogen-bond donors (Lipinski definition) is 0. The Morgan fingerprint density at radius 3 is 2.67 bits per heavy atom. The van der Waals surface area contributed by atoms with Gasteiger partial charge in [-0.25, -0.2) is 12.7 Å². The van der Waals surface area contributed by atoms with E-state index in [-0.39, 0.29) is 11.7 Å². The quantitative estimate of drug-likeness (QED) is 0.736. The Kier molecular flexibility index (Phi) is 6.11. The van der Waals surface area contributed by atoms with Crippen LogP contribution in [0.5, 0.6) is 0 Å². The fourth-order valence-electron chi connectivity index (χ4n) is 1.52. The smallest absolute Gasteiger partial charge is 0.212 e. The highest BCUT2D eigenvalue weighted by Gasteiger charge is 2.20. The Labute approximate surface area is 122 Å². The second-order valence-electron chi connectivity index (χ2n) is 4.42. The van der Waals surface area contributed by atoms with Gasteiger partial charge in [0.25, 0.3) is 0 Å². The standard InChI is InChI=1S/C12H17BrClNO2S/c1-10(7-14)9-18(16,17)15(2)8-11-4-3-5-12(13)6-11/h3-6,10H,7-9H2,1-2H3. The van der Waals surface area contributed by atoms with E-state index in [9.17, 15) is 8.42 Å². The van der Waals surface area contributed by atoms with Crippen molar-refractivity contribution < 1.29 is 8.42 Å². The number of benzene rings is 1. The maximum Gasteiger partial charge on any atom is 0.214 e. The Bertz CT molecular complexity index is 493. The van der Waals surface area contributed by atoms with Crippen molar-refractivity contribution in [2.24, 2.45) is 5.92 Å². The normalized spacial score (nSPS) is 13.8. The predicted octanol–water partition coefficient (Wildman–Crippen LogP) is 3.09. The molecule has 0 saturated heterocycles. The van der Waals surface area contributed by atoms with E-state index in [4.69, 9.17) is 11.6 Å². The van der Waals surface area contributed by atoms with E-state index < -0.39 is 10.0 Å². The summed E-state index contributed by atoms with van der Waals surface area (Å²) in [5, 5.41) is 0. The molecule has 6 heteroatoms. The summed E-state index contributed by atoms with van der Waals surface area (Å²) in [4.78, 5) is 0. The van der Waals surface area contributed by atoms with Crippen LogP contribution in [0.2, 0.25) is 0 Å². The fourth-order valence-corrected chi connectivity index (χ4v) is 3.64. The zero-order valence-corrected chi connectivity index (χ0v) is 13.6. The molecule has 1 rings (SSSR count).